The largest absolute Gasteiger partial charge is 0.335 e. The molecule has 0 radical (unpaired) electrons. The highest BCUT2D eigenvalue weighted by Crippen LogP contribution is 2.27. The van der Waals surface area contributed by atoms with Crippen LogP contribution in [0.4, 0.5) is 4.39 Å². The number of hydrogen-bond donors (Lipinski definition) is 0. The minimum Gasteiger partial charge on any atom is -0.335 e. The second-order valence-corrected chi connectivity index (χ2v) is 9.65. The number of carbonyl (C=O) groups is 1. The molecule has 0 spiro atoms. The van der Waals surface area contributed by atoms with Crippen LogP contribution in [0.2, 0.25) is 10.0 Å². The maximum Gasteiger partial charge on any atom is 0.272 e. The van der Waals surface area contributed by atoms with Crippen LogP contribution < -0.4 is 0 Å². The summed E-state index contributed by atoms with van der Waals surface area (Å²) in [5.41, 5.74) is 0.912. The van der Waals surface area contributed by atoms with Gasteiger partial charge in [-0.3, -0.25) is 9.36 Å². The summed E-state index contributed by atoms with van der Waals surface area (Å²) in [7, 11) is -3.76. The Kier molecular flexibility index (Phi) is 6.02. The minimum absolute atomic E-state index is 0.0519. The molecule has 162 valence electrons. The molecule has 11 heteroatoms. The number of benzene rings is 2. The average molecular weight is 483 g/mol. The first-order valence-electron chi connectivity index (χ1n) is 9.30. The number of amides is 1. The summed E-state index contributed by atoms with van der Waals surface area (Å²) < 4.78 is 41.9. The number of halogens is 3. The fraction of sp³-hybridized carbons (Fsp3) is 0.200. The molecule has 0 bridgehead atoms. The van der Waals surface area contributed by atoms with Crippen molar-refractivity contribution in [3.05, 3.63) is 76.5 Å². The standard InChI is InChI=1S/C20H17Cl2FN4O3S/c21-17-6-5-16(11-18(17)22)31(29,30)26-9-7-25(8-10-26)20(28)19-12-24-13-27(19)15-3-1-14(23)2-4-15/h1-6,11-13H,7-10H2. The van der Waals surface area contributed by atoms with Crippen molar-refractivity contribution in [3.63, 3.8) is 0 Å². The maximum absolute atomic E-state index is 13.2. The zero-order valence-electron chi connectivity index (χ0n) is 16.1. The van der Waals surface area contributed by atoms with Crippen LogP contribution in [0.3, 0.4) is 0 Å². The lowest BCUT2D eigenvalue weighted by atomic mass is 10.2. The van der Waals surface area contributed by atoms with Crippen LogP contribution >= 0.6 is 23.2 Å². The molecule has 0 aliphatic carbocycles. The van der Waals surface area contributed by atoms with Crippen molar-refractivity contribution in [2.45, 2.75) is 4.90 Å². The van der Waals surface area contributed by atoms with E-state index in [9.17, 15) is 17.6 Å². The van der Waals surface area contributed by atoms with Gasteiger partial charge in [0.25, 0.3) is 5.91 Å². The molecular weight excluding hydrogens is 466 g/mol. The lowest BCUT2D eigenvalue weighted by Crippen LogP contribution is -2.50. The van der Waals surface area contributed by atoms with Crippen LogP contribution in [-0.2, 0) is 10.0 Å². The van der Waals surface area contributed by atoms with E-state index in [0.717, 1.165) is 0 Å². The molecule has 2 heterocycles. The summed E-state index contributed by atoms with van der Waals surface area (Å²) in [6.45, 7) is 0.708. The Labute approximate surface area is 188 Å². The van der Waals surface area contributed by atoms with Gasteiger partial charge in [0.05, 0.1) is 27.5 Å². The molecule has 4 rings (SSSR count). The molecule has 3 aromatic rings. The number of sulfonamides is 1. The fourth-order valence-electron chi connectivity index (χ4n) is 3.34. The van der Waals surface area contributed by atoms with Gasteiger partial charge in [-0.05, 0) is 42.5 Å². The molecule has 1 aliphatic heterocycles. The highest BCUT2D eigenvalue weighted by Gasteiger charge is 2.31. The molecule has 1 aliphatic rings. The van der Waals surface area contributed by atoms with E-state index in [1.54, 1.807) is 21.6 Å². The van der Waals surface area contributed by atoms with E-state index in [2.05, 4.69) is 4.98 Å². The fourth-order valence-corrected chi connectivity index (χ4v) is 5.15. The molecule has 1 aromatic heterocycles. The highest BCUT2D eigenvalue weighted by atomic mass is 35.5. The molecule has 0 atom stereocenters. The number of imidazole rings is 1. The van der Waals surface area contributed by atoms with E-state index >= 15 is 0 Å². The first-order valence-corrected chi connectivity index (χ1v) is 11.5. The smallest absolute Gasteiger partial charge is 0.272 e. The summed E-state index contributed by atoms with van der Waals surface area (Å²) in [5.74, 6) is -0.663. The van der Waals surface area contributed by atoms with Crippen molar-refractivity contribution in [1.82, 2.24) is 18.8 Å². The topological polar surface area (TPSA) is 75.5 Å². The molecular formula is C20H17Cl2FN4O3S. The Balaban J connectivity index is 1.48. The molecule has 2 aromatic carbocycles. The third kappa shape index (κ3) is 4.31. The quantitative estimate of drug-likeness (QED) is 0.570. The monoisotopic (exact) mass is 482 g/mol. The first-order chi connectivity index (χ1) is 14.8. The second-order valence-electron chi connectivity index (χ2n) is 6.90. The normalized spacial score (nSPS) is 15.3. The van der Waals surface area contributed by atoms with Gasteiger partial charge in [0.15, 0.2) is 0 Å². The van der Waals surface area contributed by atoms with E-state index in [-0.39, 0.29) is 52.8 Å². The SMILES string of the molecule is O=C(c1cncn1-c1ccc(F)cc1)N1CCN(S(=O)(=O)c2ccc(Cl)c(Cl)c2)CC1. The van der Waals surface area contributed by atoms with Gasteiger partial charge < -0.3 is 4.90 Å². The molecule has 7 nitrogen and oxygen atoms in total. The Morgan fingerprint density at radius 3 is 2.29 bits per heavy atom. The summed E-state index contributed by atoms with van der Waals surface area (Å²) in [5, 5.41) is 0.430. The zero-order chi connectivity index (χ0) is 22.2. The van der Waals surface area contributed by atoms with Crippen molar-refractivity contribution in [1.29, 1.82) is 0 Å². The molecule has 1 saturated heterocycles. The Hall–Kier alpha value is -2.46. The van der Waals surface area contributed by atoms with Crippen LogP contribution in [-0.4, -0.2) is 59.3 Å². The molecule has 1 amide bonds. The lowest BCUT2D eigenvalue weighted by molar-refractivity contribution is 0.0690. The van der Waals surface area contributed by atoms with Crippen molar-refractivity contribution in [2.24, 2.45) is 0 Å². The van der Waals surface area contributed by atoms with E-state index in [1.807, 2.05) is 0 Å². The van der Waals surface area contributed by atoms with E-state index in [0.29, 0.717) is 11.4 Å². The number of rotatable bonds is 4. The molecule has 31 heavy (non-hydrogen) atoms. The van der Waals surface area contributed by atoms with Crippen LogP contribution in [0.25, 0.3) is 5.69 Å². The predicted molar refractivity (Wildman–Crippen MR) is 115 cm³/mol. The van der Waals surface area contributed by atoms with Gasteiger partial charge in [0.1, 0.15) is 11.5 Å². The van der Waals surface area contributed by atoms with Gasteiger partial charge in [-0.15, -0.1) is 0 Å². The Bertz CT molecular complexity index is 1220. The van der Waals surface area contributed by atoms with Gasteiger partial charge in [-0.2, -0.15) is 4.31 Å². The van der Waals surface area contributed by atoms with Crippen LogP contribution in [0, 0.1) is 5.82 Å². The molecule has 0 N–H and O–H groups in total. The van der Waals surface area contributed by atoms with Crippen molar-refractivity contribution in [3.8, 4) is 5.69 Å². The number of carbonyl (C=O) groups excluding carboxylic acids is 1. The number of aromatic nitrogens is 2. The van der Waals surface area contributed by atoms with E-state index in [1.165, 1.54) is 47.2 Å². The Morgan fingerprint density at radius 1 is 0.968 bits per heavy atom. The zero-order valence-corrected chi connectivity index (χ0v) is 18.4. The van der Waals surface area contributed by atoms with Gasteiger partial charge in [0.2, 0.25) is 10.0 Å². The predicted octanol–water partition coefficient (Wildman–Crippen LogP) is 3.46. The van der Waals surface area contributed by atoms with E-state index < -0.39 is 10.0 Å². The average Bonchev–Trinajstić information content (AvgIpc) is 3.25. The third-order valence-corrected chi connectivity index (χ3v) is 7.65. The van der Waals surface area contributed by atoms with Gasteiger partial charge >= 0.3 is 0 Å². The van der Waals surface area contributed by atoms with Crippen molar-refractivity contribution in [2.75, 3.05) is 26.2 Å². The highest BCUT2D eigenvalue weighted by molar-refractivity contribution is 7.89. The van der Waals surface area contributed by atoms with Crippen molar-refractivity contribution < 1.29 is 17.6 Å². The summed E-state index contributed by atoms with van der Waals surface area (Å²) >= 11 is 11.8. The maximum atomic E-state index is 13.2. The second kappa shape index (κ2) is 8.58. The van der Waals surface area contributed by atoms with Gasteiger partial charge in [-0.25, -0.2) is 17.8 Å². The van der Waals surface area contributed by atoms with Crippen LogP contribution in [0.5, 0.6) is 0 Å². The first kappa shape index (κ1) is 21.8. The molecule has 1 fully saturated rings. The van der Waals surface area contributed by atoms with E-state index in [4.69, 9.17) is 23.2 Å². The minimum atomic E-state index is -3.76. The van der Waals surface area contributed by atoms with Crippen molar-refractivity contribution >= 4 is 39.1 Å². The third-order valence-electron chi connectivity index (χ3n) is 5.02. The van der Waals surface area contributed by atoms with Gasteiger partial charge in [0, 0.05) is 31.9 Å². The van der Waals surface area contributed by atoms with Gasteiger partial charge in [-0.1, -0.05) is 23.2 Å². The molecule has 0 unspecified atom stereocenters. The molecule has 0 saturated carbocycles. The number of hydrogen-bond acceptors (Lipinski definition) is 4. The Morgan fingerprint density at radius 2 is 1.65 bits per heavy atom. The number of nitrogens with zero attached hydrogens (tertiary/aromatic N) is 4. The summed E-state index contributed by atoms with van der Waals surface area (Å²) in [4.78, 5) is 18.7. The summed E-state index contributed by atoms with van der Waals surface area (Å²) in [6.07, 6.45) is 2.91. The number of piperazine rings is 1. The van der Waals surface area contributed by atoms with Crippen LogP contribution in [0.15, 0.2) is 59.9 Å². The van der Waals surface area contributed by atoms with Crippen LogP contribution in [0.1, 0.15) is 10.5 Å². The summed E-state index contributed by atoms with van der Waals surface area (Å²) in [6, 6.07) is 9.87. The lowest BCUT2D eigenvalue weighted by Gasteiger charge is -2.34.